The molecule has 0 N–H and O–H groups in total. The molecule has 2 saturated carbocycles. The van der Waals surface area contributed by atoms with E-state index in [2.05, 4.69) is 0 Å². The third-order valence-corrected chi connectivity index (χ3v) is 8.36. The van der Waals surface area contributed by atoms with Crippen molar-refractivity contribution in [2.45, 2.75) is 25.7 Å². The number of rotatable bonds is 6. The van der Waals surface area contributed by atoms with Crippen LogP contribution in [-0.4, -0.2) is 42.3 Å². The lowest BCUT2D eigenvalue weighted by molar-refractivity contribution is -0.384. The van der Waals surface area contributed by atoms with Crippen LogP contribution >= 0.6 is 0 Å². The molecule has 2 aromatic rings. The lowest BCUT2D eigenvalue weighted by Gasteiger charge is -2.19. The summed E-state index contributed by atoms with van der Waals surface area (Å²) < 4.78 is 10.7. The number of esters is 1. The largest absolute Gasteiger partial charge is 0.494 e. The van der Waals surface area contributed by atoms with Crippen LogP contribution in [-0.2, 0) is 19.2 Å². The van der Waals surface area contributed by atoms with Gasteiger partial charge in [0.25, 0.3) is 5.69 Å². The molecule has 6 rings (SSSR count). The van der Waals surface area contributed by atoms with Gasteiger partial charge in [0.15, 0.2) is 0 Å². The first-order valence-corrected chi connectivity index (χ1v) is 12.6. The summed E-state index contributed by atoms with van der Waals surface area (Å²) in [5.41, 5.74) is 0.617. The molecular formula is C27H25N3O8. The number of fused-ring (bicyclic) bond motifs is 5. The van der Waals surface area contributed by atoms with Crippen molar-refractivity contribution in [2.24, 2.45) is 29.6 Å². The van der Waals surface area contributed by atoms with E-state index in [0.717, 1.165) is 19.3 Å². The Balaban J connectivity index is 1.12. The number of methoxy groups -OCH3 is 1. The summed E-state index contributed by atoms with van der Waals surface area (Å²) >= 11 is 0. The Morgan fingerprint density at radius 1 is 1.00 bits per heavy atom. The monoisotopic (exact) mass is 519 g/mol. The van der Waals surface area contributed by atoms with Crippen LogP contribution in [0.2, 0.25) is 0 Å². The third-order valence-electron chi connectivity index (χ3n) is 8.36. The number of amides is 3. The summed E-state index contributed by atoms with van der Waals surface area (Å²) in [4.78, 5) is 64.7. The van der Waals surface area contributed by atoms with Gasteiger partial charge in [-0.15, -0.1) is 0 Å². The second-order valence-corrected chi connectivity index (χ2v) is 10.3. The van der Waals surface area contributed by atoms with E-state index in [1.807, 2.05) is 0 Å². The third kappa shape index (κ3) is 3.72. The predicted octanol–water partition coefficient (Wildman–Crippen LogP) is 3.10. The van der Waals surface area contributed by atoms with Crippen molar-refractivity contribution in [3.05, 3.63) is 52.6 Å². The zero-order chi connectivity index (χ0) is 26.7. The molecule has 0 unspecified atom stereocenters. The number of carbonyl (C=O) groups excluding carboxylic acids is 4. The first-order chi connectivity index (χ1) is 18.3. The number of nitrogens with zero attached hydrogens (tertiary/aromatic N) is 3. The van der Waals surface area contributed by atoms with Crippen molar-refractivity contribution in [1.29, 1.82) is 0 Å². The lowest BCUT2D eigenvalue weighted by atomic mass is 9.81. The summed E-state index contributed by atoms with van der Waals surface area (Å²) in [6.07, 6.45) is 2.89. The smallest absolute Gasteiger partial charge is 0.316 e. The van der Waals surface area contributed by atoms with E-state index in [-0.39, 0.29) is 59.7 Å². The number of imide groups is 1. The molecular weight excluding hydrogens is 494 g/mol. The summed E-state index contributed by atoms with van der Waals surface area (Å²) in [6, 6.07) is 10.2. The summed E-state index contributed by atoms with van der Waals surface area (Å²) in [5, 5.41) is 11.1. The quantitative estimate of drug-likeness (QED) is 0.187. The van der Waals surface area contributed by atoms with Gasteiger partial charge in [0, 0.05) is 19.0 Å². The van der Waals surface area contributed by atoms with Gasteiger partial charge in [0.05, 0.1) is 47.2 Å². The van der Waals surface area contributed by atoms with E-state index in [1.54, 1.807) is 12.1 Å². The minimum atomic E-state index is -0.751. The molecule has 5 atom stereocenters. The van der Waals surface area contributed by atoms with Crippen molar-refractivity contribution in [2.75, 3.05) is 23.5 Å². The van der Waals surface area contributed by atoms with Gasteiger partial charge in [-0.25, -0.2) is 0 Å². The summed E-state index contributed by atoms with van der Waals surface area (Å²) in [7, 11) is 1.35. The van der Waals surface area contributed by atoms with Crippen molar-refractivity contribution in [3.63, 3.8) is 0 Å². The number of benzene rings is 2. The Labute approximate surface area is 217 Å². The van der Waals surface area contributed by atoms with Gasteiger partial charge in [-0.3, -0.25) is 34.2 Å². The number of anilines is 2. The lowest BCUT2D eigenvalue weighted by Crippen LogP contribution is -2.32. The number of hydrogen-bond acceptors (Lipinski definition) is 8. The first-order valence-electron chi connectivity index (χ1n) is 12.6. The maximum atomic E-state index is 13.0. The average molecular weight is 520 g/mol. The number of nitro benzene ring substituents is 1. The highest BCUT2D eigenvalue weighted by Gasteiger charge is 2.61. The standard InChI is InChI=1S/C27H25N3O8/c1-37-21-12-18(30(35)36)6-9-20(21)28-13-16(11-22(28)31)27(34)38-19-7-4-17(5-8-19)29-25(32)23-14-2-3-15(10-14)24(23)26(29)33/h4-9,12,14-16,23-24H,2-3,10-11,13H2,1H3/t14-,15-,16+,23-,24-/m0/s1. The SMILES string of the molecule is COc1cc([N+](=O)[O-])ccc1N1C[C@H](C(=O)Oc2ccc(N3C(=O)[C@H]4[C@H]5CC[C@@H](C5)[C@@H]4C3=O)cc2)CC1=O. The average Bonchev–Trinajstić information content (AvgIpc) is 3.68. The molecule has 2 aliphatic carbocycles. The summed E-state index contributed by atoms with van der Waals surface area (Å²) in [6.45, 7) is 0.0335. The van der Waals surface area contributed by atoms with Gasteiger partial charge in [-0.1, -0.05) is 0 Å². The molecule has 38 heavy (non-hydrogen) atoms. The van der Waals surface area contributed by atoms with Gasteiger partial charge in [0.2, 0.25) is 17.7 Å². The number of hydrogen-bond donors (Lipinski definition) is 0. The van der Waals surface area contributed by atoms with Gasteiger partial charge < -0.3 is 14.4 Å². The Morgan fingerprint density at radius 2 is 1.66 bits per heavy atom. The Morgan fingerprint density at radius 3 is 2.26 bits per heavy atom. The van der Waals surface area contributed by atoms with E-state index in [0.29, 0.717) is 23.2 Å². The second-order valence-electron chi connectivity index (χ2n) is 10.3. The molecule has 11 nitrogen and oxygen atoms in total. The van der Waals surface area contributed by atoms with Crippen LogP contribution in [0.25, 0.3) is 0 Å². The van der Waals surface area contributed by atoms with E-state index in [4.69, 9.17) is 9.47 Å². The van der Waals surface area contributed by atoms with Gasteiger partial charge >= 0.3 is 5.97 Å². The van der Waals surface area contributed by atoms with Crippen molar-refractivity contribution in [1.82, 2.24) is 0 Å². The van der Waals surface area contributed by atoms with E-state index in [9.17, 15) is 29.3 Å². The van der Waals surface area contributed by atoms with E-state index < -0.39 is 16.8 Å². The minimum absolute atomic E-state index is 0.0335. The van der Waals surface area contributed by atoms with E-state index >= 15 is 0 Å². The molecule has 2 saturated heterocycles. The van der Waals surface area contributed by atoms with Gasteiger partial charge in [0.1, 0.15) is 11.5 Å². The molecule has 0 spiro atoms. The highest BCUT2D eigenvalue weighted by atomic mass is 16.6. The van der Waals surface area contributed by atoms with Crippen LogP contribution in [0.15, 0.2) is 42.5 Å². The van der Waals surface area contributed by atoms with Crippen LogP contribution in [0.1, 0.15) is 25.7 Å². The number of non-ortho nitro benzene ring substituents is 1. The van der Waals surface area contributed by atoms with Crippen LogP contribution < -0.4 is 19.3 Å². The molecule has 196 valence electrons. The van der Waals surface area contributed by atoms with Crippen LogP contribution in [0.5, 0.6) is 11.5 Å². The van der Waals surface area contributed by atoms with Crippen LogP contribution in [0.4, 0.5) is 17.1 Å². The van der Waals surface area contributed by atoms with Gasteiger partial charge in [-0.2, -0.15) is 0 Å². The van der Waals surface area contributed by atoms with Crippen molar-refractivity contribution < 1.29 is 33.6 Å². The van der Waals surface area contributed by atoms with E-state index in [1.165, 1.54) is 47.2 Å². The molecule has 2 aromatic carbocycles. The minimum Gasteiger partial charge on any atom is -0.494 e. The second kappa shape index (κ2) is 8.93. The zero-order valence-corrected chi connectivity index (χ0v) is 20.6. The molecule has 2 bridgehead atoms. The maximum absolute atomic E-state index is 13.0. The maximum Gasteiger partial charge on any atom is 0.316 e. The highest BCUT2D eigenvalue weighted by molar-refractivity contribution is 6.22. The number of ether oxygens (including phenoxy) is 2. The molecule has 2 aliphatic heterocycles. The normalized spacial score (nSPS) is 27.7. The molecule has 4 fully saturated rings. The van der Waals surface area contributed by atoms with Crippen LogP contribution in [0.3, 0.4) is 0 Å². The van der Waals surface area contributed by atoms with Gasteiger partial charge in [-0.05, 0) is 61.4 Å². The molecule has 11 heteroatoms. The fourth-order valence-electron chi connectivity index (χ4n) is 6.63. The predicted molar refractivity (Wildman–Crippen MR) is 132 cm³/mol. The highest BCUT2D eigenvalue weighted by Crippen LogP contribution is 2.56. The fraction of sp³-hybridized carbons (Fsp3) is 0.407. The molecule has 3 amide bonds. The Hall–Kier alpha value is -4.28. The molecule has 0 radical (unpaired) electrons. The Bertz CT molecular complexity index is 1340. The number of nitro groups is 1. The Kier molecular flexibility index (Phi) is 5.66. The summed E-state index contributed by atoms with van der Waals surface area (Å²) in [5.74, 6) is -1.40. The fourth-order valence-corrected chi connectivity index (χ4v) is 6.63. The zero-order valence-electron chi connectivity index (χ0n) is 20.6. The topological polar surface area (TPSA) is 136 Å². The molecule has 2 heterocycles. The van der Waals surface area contributed by atoms with Crippen LogP contribution in [0, 0.1) is 39.7 Å². The molecule has 0 aromatic heterocycles. The number of carbonyl (C=O) groups is 4. The van der Waals surface area contributed by atoms with Crippen molar-refractivity contribution in [3.8, 4) is 11.5 Å². The van der Waals surface area contributed by atoms with Crippen molar-refractivity contribution >= 4 is 40.8 Å². The first kappa shape index (κ1) is 24.1. The molecule has 4 aliphatic rings.